The molecule has 0 saturated carbocycles. The fourth-order valence-electron chi connectivity index (χ4n) is 1.82. The molecule has 0 bridgehead atoms. The number of hydrogen-bond acceptors (Lipinski definition) is 3. The first kappa shape index (κ1) is 10.5. The number of amides is 1. The second kappa shape index (κ2) is 4.58. The van der Waals surface area contributed by atoms with Crippen LogP contribution in [0, 0.1) is 0 Å². The summed E-state index contributed by atoms with van der Waals surface area (Å²) in [5.74, 6) is -0.223. The molecule has 0 radical (unpaired) electrons. The maximum absolute atomic E-state index is 10.7. The minimum Gasteiger partial charge on any atom is -0.369 e. The largest absolute Gasteiger partial charge is 0.369 e. The minimum atomic E-state index is -0.223. The van der Waals surface area contributed by atoms with Gasteiger partial charge in [-0.05, 0) is 33.5 Å². The normalized spacial score (nSPS) is 25.0. The van der Waals surface area contributed by atoms with E-state index in [4.69, 9.17) is 5.73 Å². The highest BCUT2D eigenvalue weighted by molar-refractivity contribution is 5.75. The molecule has 76 valence electrons. The number of likely N-dealkylation sites (tertiary alicyclic amines) is 1. The molecule has 13 heavy (non-hydrogen) atoms. The Morgan fingerprint density at radius 2 is 2.31 bits per heavy atom. The summed E-state index contributed by atoms with van der Waals surface area (Å²) < 4.78 is 0. The highest BCUT2D eigenvalue weighted by Crippen LogP contribution is 2.12. The van der Waals surface area contributed by atoms with Crippen molar-refractivity contribution < 1.29 is 4.79 Å². The van der Waals surface area contributed by atoms with Gasteiger partial charge in [0.15, 0.2) is 0 Å². The van der Waals surface area contributed by atoms with Crippen LogP contribution in [0.2, 0.25) is 0 Å². The number of piperidine rings is 1. The Labute approximate surface area is 79.7 Å². The van der Waals surface area contributed by atoms with Gasteiger partial charge in [-0.3, -0.25) is 9.69 Å². The third-order valence-corrected chi connectivity index (χ3v) is 2.59. The molecule has 1 saturated heterocycles. The molecule has 1 fully saturated rings. The Hall–Kier alpha value is -0.610. The van der Waals surface area contributed by atoms with Crippen molar-refractivity contribution in [2.24, 2.45) is 5.73 Å². The van der Waals surface area contributed by atoms with Crippen LogP contribution in [0.1, 0.15) is 12.8 Å². The predicted octanol–water partition coefficient (Wildman–Crippen LogP) is -0.502. The van der Waals surface area contributed by atoms with Gasteiger partial charge in [0.25, 0.3) is 0 Å². The van der Waals surface area contributed by atoms with Gasteiger partial charge < -0.3 is 10.6 Å². The minimum absolute atomic E-state index is 0.223. The fraction of sp³-hybridized carbons (Fsp3) is 0.889. The summed E-state index contributed by atoms with van der Waals surface area (Å²) >= 11 is 0. The van der Waals surface area contributed by atoms with Gasteiger partial charge >= 0.3 is 0 Å². The molecular weight excluding hydrogens is 166 g/mol. The van der Waals surface area contributed by atoms with Crippen molar-refractivity contribution in [1.29, 1.82) is 0 Å². The molecule has 1 rings (SSSR count). The van der Waals surface area contributed by atoms with E-state index >= 15 is 0 Å². The summed E-state index contributed by atoms with van der Waals surface area (Å²) in [7, 11) is 4.16. The van der Waals surface area contributed by atoms with E-state index in [1.165, 1.54) is 6.42 Å². The lowest BCUT2D eigenvalue weighted by Crippen LogP contribution is -2.47. The van der Waals surface area contributed by atoms with Crippen molar-refractivity contribution in [3.63, 3.8) is 0 Å². The molecule has 1 unspecified atom stereocenters. The fourth-order valence-corrected chi connectivity index (χ4v) is 1.82. The lowest BCUT2D eigenvalue weighted by Gasteiger charge is -2.35. The zero-order chi connectivity index (χ0) is 9.84. The van der Waals surface area contributed by atoms with Gasteiger partial charge in [-0.15, -0.1) is 0 Å². The van der Waals surface area contributed by atoms with Crippen LogP contribution < -0.4 is 5.73 Å². The van der Waals surface area contributed by atoms with Gasteiger partial charge in [-0.1, -0.05) is 0 Å². The molecule has 1 atom stereocenters. The van der Waals surface area contributed by atoms with Crippen LogP contribution in [0.15, 0.2) is 0 Å². The average Bonchev–Trinajstić information content (AvgIpc) is 2.03. The molecular formula is C9H19N3O. The van der Waals surface area contributed by atoms with Crippen LogP contribution in [0.5, 0.6) is 0 Å². The number of rotatable bonds is 3. The zero-order valence-corrected chi connectivity index (χ0v) is 8.49. The van der Waals surface area contributed by atoms with Gasteiger partial charge in [-0.25, -0.2) is 0 Å². The molecule has 0 aromatic rings. The topological polar surface area (TPSA) is 49.6 Å². The SMILES string of the molecule is CN(C)C1CCCN(CC(N)=O)C1. The highest BCUT2D eigenvalue weighted by Gasteiger charge is 2.21. The number of likely N-dealkylation sites (N-methyl/N-ethyl adjacent to an activating group) is 1. The van der Waals surface area contributed by atoms with Gasteiger partial charge in [-0.2, -0.15) is 0 Å². The van der Waals surface area contributed by atoms with Gasteiger partial charge in [0.1, 0.15) is 0 Å². The number of carbonyl (C=O) groups is 1. The molecule has 2 N–H and O–H groups in total. The Morgan fingerprint density at radius 3 is 2.85 bits per heavy atom. The first-order valence-electron chi connectivity index (χ1n) is 4.76. The second-order valence-corrected chi connectivity index (χ2v) is 3.96. The van der Waals surface area contributed by atoms with Crippen LogP contribution in [-0.2, 0) is 4.79 Å². The molecule has 0 aromatic heterocycles. The van der Waals surface area contributed by atoms with Crippen molar-refractivity contribution >= 4 is 5.91 Å². The third kappa shape index (κ3) is 3.32. The Balaban J connectivity index is 2.37. The van der Waals surface area contributed by atoms with Crippen molar-refractivity contribution in [3.05, 3.63) is 0 Å². The summed E-state index contributed by atoms with van der Waals surface area (Å²) in [6, 6.07) is 0.577. The van der Waals surface area contributed by atoms with Crippen molar-refractivity contribution in [1.82, 2.24) is 9.80 Å². The summed E-state index contributed by atoms with van der Waals surface area (Å²) in [4.78, 5) is 15.1. The van der Waals surface area contributed by atoms with Crippen LogP contribution in [0.4, 0.5) is 0 Å². The zero-order valence-electron chi connectivity index (χ0n) is 8.49. The molecule has 1 amide bonds. The first-order chi connectivity index (χ1) is 6.09. The number of hydrogen-bond donors (Lipinski definition) is 1. The summed E-state index contributed by atoms with van der Waals surface area (Å²) in [5.41, 5.74) is 5.15. The van der Waals surface area contributed by atoms with E-state index in [0.29, 0.717) is 12.6 Å². The van der Waals surface area contributed by atoms with E-state index in [9.17, 15) is 4.79 Å². The van der Waals surface area contributed by atoms with E-state index in [2.05, 4.69) is 23.9 Å². The number of nitrogens with two attached hydrogens (primary N) is 1. The number of carbonyl (C=O) groups excluding carboxylic acids is 1. The Morgan fingerprint density at radius 1 is 1.62 bits per heavy atom. The molecule has 0 aromatic carbocycles. The van der Waals surface area contributed by atoms with Crippen molar-refractivity contribution in [2.75, 3.05) is 33.7 Å². The third-order valence-electron chi connectivity index (χ3n) is 2.59. The average molecular weight is 185 g/mol. The van der Waals surface area contributed by atoms with Crippen molar-refractivity contribution in [2.45, 2.75) is 18.9 Å². The summed E-state index contributed by atoms with van der Waals surface area (Å²) in [6.45, 7) is 2.38. The lowest BCUT2D eigenvalue weighted by molar-refractivity contribution is -0.119. The summed E-state index contributed by atoms with van der Waals surface area (Å²) in [6.07, 6.45) is 2.39. The van der Waals surface area contributed by atoms with Crippen molar-refractivity contribution in [3.8, 4) is 0 Å². The van der Waals surface area contributed by atoms with Crippen LogP contribution in [-0.4, -0.2) is 55.5 Å². The van der Waals surface area contributed by atoms with E-state index in [-0.39, 0.29) is 5.91 Å². The van der Waals surface area contributed by atoms with E-state index in [1.54, 1.807) is 0 Å². The monoisotopic (exact) mass is 185 g/mol. The Kier molecular flexibility index (Phi) is 3.69. The van der Waals surface area contributed by atoms with Crippen LogP contribution in [0.25, 0.3) is 0 Å². The quantitative estimate of drug-likeness (QED) is 0.645. The number of primary amides is 1. The van der Waals surface area contributed by atoms with E-state index in [0.717, 1.165) is 19.5 Å². The lowest BCUT2D eigenvalue weighted by atomic mass is 10.1. The summed E-state index contributed by atoms with van der Waals surface area (Å²) in [5, 5.41) is 0. The maximum atomic E-state index is 10.7. The Bertz CT molecular complexity index is 182. The standard InChI is InChI=1S/C9H19N3O/c1-11(2)8-4-3-5-12(6-8)7-9(10)13/h8H,3-7H2,1-2H3,(H2,10,13). The highest BCUT2D eigenvalue weighted by atomic mass is 16.1. The van der Waals surface area contributed by atoms with Gasteiger partial charge in [0.2, 0.25) is 5.91 Å². The van der Waals surface area contributed by atoms with Crippen LogP contribution >= 0.6 is 0 Å². The molecule has 4 nitrogen and oxygen atoms in total. The molecule has 4 heteroatoms. The molecule has 0 aliphatic carbocycles. The maximum Gasteiger partial charge on any atom is 0.231 e. The second-order valence-electron chi connectivity index (χ2n) is 3.96. The molecule has 0 spiro atoms. The molecule has 1 aliphatic rings. The van der Waals surface area contributed by atoms with E-state index < -0.39 is 0 Å². The predicted molar refractivity (Wildman–Crippen MR) is 52.3 cm³/mol. The van der Waals surface area contributed by atoms with Crippen LogP contribution in [0.3, 0.4) is 0 Å². The van der Waals surface area contributed by atoms with E-state index in [1.807, 2.05) is 0 Å². The molecule has 1 aliphatic heterocycles. The molecule has 1 heterocycles. The first-order valence-corrected chi connectivity index (χ1v) is 4.76. The van der Waals surface area contributed by atoms with Gasteiger partial charge in [0, 0.05) is 12.6 Å². The number of nitrogens with zero attached hydrogens (tertiary/aromatic N) is 2. The van der Waals surface area contributed by atoms with Gasteiger partial charge in [0.05, 0.1) is 6.54 Å². The smallest absolute Gasteiger partial charge is 0.231 e.